The largest absolute Gasteiger partial charge is 0.335 e. The first-order chi connectivity index (χ1) is 9.43. The Hall–Kier alpha value is -1.35. The van der Waals surface area contributed by atoms with Crippen LogP contribution in [0.2, 0.25) is 0 Å². The second-order valence-electron chi connectivity index (χ2n) is 6.57. The number of carbonyl (C=O) groups excluding carboxylic acids is 1. The summed E-state index contributed by atoms with van der Waals surface area (Å²) in [6, 6.07) is 8.43. The molecular weight excluding hydrogens is 248 g/mol. The summed E-state index contributed by atoms with van der Waals surface area (Å²) in [6.07, 6.45) is 1.06. The predicted octanol–water partition coefficient (Wildman–Crippen LogP) is 2.81. The van der Waals surface area contributed by atoms with Gasteiger partial charge in [-0.25, -0.2) is 0 Å². The molecule has 1 fully saturated rings. The van der Waals surface area contributed by atoms with Crippen LogP contribution in [0, 0.1) is 0 Å². The van der Waals surface area contributed by atoms with Gasteiger partial charge >= 0.3 is 0 Å². The molecule has 0 spiro atoms. The van der Waals surface area contributed by atoms with Gasteiger partial charge in [0.05, 0.1) is 0 Å². The summed E-state index contributed by atoms with van der Waals surface area (Å²) in [5, 5.41) is 3.33. The molecule has 1 saturated heterocycles. The highest BCUT2D eigenvalue weighted by molar-refractivity contribution is 5.94. The maximum atomic E-state index is 12.6. The van der Waals surface area contributed by atoms with Gasteiger partial charge in [0.2, 0.25) is 0 Å². The van der Waals surface area contributed by atoms with Gasteiger partial charge in [0.25, 0.3) is 5.91 Å². The van der Waals surface area contributed by atoms with Crippen molar-refractivity contribution in [2.75, 3.05) is 19.6 Å². The van der Waals surface area contributed by atoms with Crippen LogP contribution < -0.4 is 5.32 Å². The van der Waals surface area contributed by atoms with Gasteiger partial charge in [0, 0.05) is 24.7 Å². The summed E-state index contributed by atoms with van der Waals surface area (Å²) in [5.74, 6) is 0.154. The van der Waals surface area contributed by atoms with Crippen LogP contribution in [0.25, 0.3) is 0 Å². The van der Waals surface area contributed by atoms with Crippen LogP contribution in [0.3, 0.4) is 0 Å². The fourth-order valence-corrected chi connectivity index (χ4v) is 2.75. The molecule has 1 atom stereocenters. The van der Waals surface area contributed by atoms with Crippen LogP contribution in [0.5, 0.6) is 0 Å². The first-order valence-electron chi connectivity index (χ1n) is 7.55. The van der Waals surface area contributed by atoms with Gasteiger partial charge < -0.3 is 10.2 Å². The standard InChI is InChI=1S/C17H26N2O/c1-5-19(15-10-11-18-12-15)16(20)13-6-8-14(9-7-13)17(2,3)4/h6-9,15,18H,5,10-12H2,1-4H3. The quantitative estimate of drug-likeness (QED) is 0.919. The van der Waals surface area contributed by atoms with E-state index in [-0.39, 0.29) is 11.3 Å². The smallest absolute Gasteiger partial charge is 0.254 e. The highest BCUT2D eigenvalue weighted by atomic mass is 16.2. The van der Waals surface area contributed by atoms with Crippen LogP contribution in [0.4, 0.5) is 0 Å². The maximum absolute atomic E-state index is 12.6. The Balaban J connectivity index is 2.15. The molecule has 1 amide bonds. The summed E-state index contributed by atoms with van der Waals surface area (Å²) in [7, 11) is 0. The van der Waals surface area contributed by atoms with Gasteiger partial charge in [-0.15, -0.1) is 0 Å². The number of carbonyl (C=O) groups is 1. The van der Waals surface area contributed by atoms with Crippen molar-refractivity contribution < 1.29 is 4.79 Å². The summed E-state index contributed by atoms with van der Waals surface area (Å²) in [4.78, 5) is 14.6. The average Bonchev–Trinajstić information content (AvgIpc) is 2.92. The second kappa shape index (κ2) is 5.96. The normalized spacial score (nSPS) is 19.1. The van der Waals surface area contributed by atoms with E-state index >= 15 is 0 Å². The Morgan fingerprint density at radius 3 is 2.40 bits per heavy atom. The van der Waals surface area contributed by atoms with Crippen molar-refractivity contribution in [3.8, 4) is 0 Å². The SMILES string of the molecule is CCN(C(=O)c1ccc(C(C)(C)C)cc1)C1CCNC1. The van der Waals surface area contributed by atoms with Crippen LogP contribution in [-0.4, -0.2) is 36.5 Å². The molecule has 3 heteroatoms. The molecule has 1 aromatic carbocycles. The highest BCUT2D eigenvalue weighted by Gasteiger charge is 2.26. The third kappa shape index (κ3) is 3.21. The van der Waals surface area contributed by atoms with Crippen molar-refractivity contribution in [1.29, 1.82) is 0 Å². The lowest BCUT2D eigenvalue weighted by Crippen LogP contribution is -2.41. The monoisotopic (exact) mass is 274 g/mol. The molecule has 1 aliphatic heterocycles. The average molecular weight is 274 g/mol. The molecule has 1 unspecified atom stereocenters. The fraction of sp³-hybridized carbons (Fsp3) is 0.588. The van der Waals surface area contributed by atoms with Crippen LogP contribution in [0.1, 0.15) is 50.0 Å². The molecule has 1 N–H and O–H groups in total. The summed E-state index contributed by atoms with van der Waals surface area (Å²) in [6.45, 7) is 11.3. The zero-order valence-electron chi connectivity index (χ0n) is 13.1. The number of likely N-dealkylation sites (N-methyl/N-ethyl adjacent to an activating group) is 1. The van der Waals surface area contributed by atoms with E-state index in [0.29, 0.717) is 6.04 Å². The van der Waals surface area contributed by atoms with E-state index in [4.69, 9.17) is 0 Å². The number of amides is 1. The molecule has 1 aliphatic rings. The van der Waals surface area contributed by atoms with E-state index in [9.17, 15) is 4.79 Å². The second-order valence-corrected chi connectivity index (χ2v) is 6.57. The van der Waals surface area contributed by atoms with Crippen LogP contribution >= 0.6 is 0 Å². The Bertz CT molecular complexity index is 453. The van der Waals surface area contributed by atoms with Gasteiger partial charge in [0.15, 0.2) is 0 Å². The van der Waals surface area contributed by atoms with Gasteiger partial charge in [-0.2, -0.15) is 0 Å². The Labute approximate surface area is 122 Å². The van der Waals surface area contributed by atoms with E-state index in [1.807, 2.05) is 17.0 Å². The van der Waals surface area contributed by atoms with Crippen molar-refractivity contribution in [3.63, 3.8) is 0 Å². The van der Waals surface area contributed by atoms with Crippen LogP contribution in [-0.2, 0) is 5.41 Å². The lowest BCUT2D eigenvalue weighted by Gasteiger charge is -2.27. The van der Waals surface area contributed by atoms with Gasteiger partial charge in [-0.05, 0) is 43.0 Å². The molecule has 0 saturated carbocycles. The third-order valence-corrected chi connectivity index (χ3v) is 4.07. The van der Waals surface area contributed by atoms with Gasteiger partial charge in [-0.1, -0.05) is 32.9 Å². The Morgan fingerprint density at radius 1 is 1.30 bits per heavy atom. The molecule has 20 heavy (non-hydrogen) atoms. The predicted molar refractivity (Wildman–Crippen MR) is 83.1 cm³/mol. The van der Waals surface area contributed by atoms with Crippen molar-refractivity contribution in [2.24, 2.45) is 0 Å². The molecule has 3 nitrogen and oxygen atoms in total. The third-order valence-electron chi connectivity index (χ3n) is 4.07. The summed E-state index contributed by atoms with van der Waals surface area (Å²) < 4.78 is 0. The minimum atomic E-state index is 0.126. The Kier molecular flexibility index (Phi) is 4.48. The van der Waals surface area contributed by atoms with Crippen molar-refractivity contribution in [3.05, 3.63) is 35.4 Å². The number of nitrogens with zero attached hydrogens (tertiary/aromatic N) is 1. The van der Waals surface area contributed by atoms with E-state index in [2.05, 4.69) is 45.1 Å². The molecule has 0 bridgehead atoms. The number of hydrogen-bond acceptors (Lipinski definition) is 2. The van der Waals surface area contributed by atoms with Gasteiger partial charge in [0.1, 0.15) is 0 Å². The van der Waals surface area contributed by atoms with Crippen molar-refractivity contribution in [1.82, 2.24) is 10.2 Å². The molecule has 0 aromatic heterocycles. The molecule has 2 rings (SSSR count). The molecular formula is C17H26N2O. The lowest BCUT2D eigenvalue weighted by atomic mass is 9.86. The summed E-state index contributed by atoms with van der Waals surface area (Å²) in [5.41, 5.74) is 2.19. The van der Waals surface area contributed by atoms with Gasteiger partial charge in [-0.3, -0.25) is 4.79 Å². The molecule has 1 heterocycles. The van der Waals surface area contributed by atoms with E-state index in [1.165, 1.54) is 5.56 Å². The first-order valence-corrected chi connectivity index (χ1v) is 7.55. The highest BCUT2D eigenvalue weighted by Crippen LogP contribution is 2.23. The topological polar surface area (TPSA) is 32.3 Å². The minimum absolute atomic E-state index is 0.126. The first kappa shape index (κ1) is 15.0. The van der Waals surface area contributed by atoms with Crippen molar-refractivity contribution >= 4 is 5.91 Å². The zero-order valence-corrected chi connectivity index (χ0v) is 13.1. The molecule has 0 radical (unpaired) electrons. The van der Waals surface area contributed by atoms with Crippen LogP contribution in [0.15, 0.2) is 24.3 Å². The Morgan fingerprint density at radius 2 is 1.95 bits per heavy atom. The summed E-state index contributed by atoms with van der Waals surface area (Å²) >= 11 is 0. The van der Waals surface area contributed by atoms with E-state index in [1.54, 1.807) is 0 Å². The zero-order chi connectivity index (χ0) is 14.8. The molecule has 0 aliphatic carbocycles. The maximum Gasteiger partial charge on any atom is 0.254 e. The number of hydrogen-bond donors (Lipinski definition) is 1. The number of nitrogens with one attached hydrogen (secondary N) is 1. The van der Waals surface area contributed by atoms with E-state index in [0.717, 1.165) is 31.6 Å². The van der Waals surface area contributed by atoms with E-state index < -0.39 is 0 Å². The number of rotatable bonds is 3. The van der Waals surface area contributed by atoms with Crippen molar-refractivity contribution in [2.45, 2.75) is 45.6 Å². The molecule has 1 aromatic rings. The fourth-order valence-electron chi connectivity index (χ4n) is 2.75. The minimum Gasteiger partial charge on any atom is -0.335 e. The molecule has 110 valence electrons. The lowest BCUT2D eigenvalue weighted by molar-refractivity contribution is 0.0703. The number of benzene rings is 1.